The van der Waals surface area contributed by atoms with Gasteiger partial charge in [-0.3, -0.25) is 4.79 Å². The second-order valence-corrected chi connectivity index (χ2v) is 4.68. The van der Waals surface area contributed by atoms with Gasteiger partial charge in [0.2, 0.25) is 5.91 Å². The van der Waals surface area contributed by atoms with Gasteiger partial charge in [-0.25, -0.2) is 8.78 Å². The van der Waals surface area contributed by atoms with Crippen molar-refractivity contribution in [1.29, 1.82) is 0 Å². The average Bonchev–Trinajstić information content (AvgIpc) is 2.20. The van der Waals surface area contributed by atoms with E-state index in [0.29, 0.717) is 0 Å². The Morgan fingerprint density at radius 2 is 2.06 bits per heavy atom. The van der Waals surface area contributed by atoms with Crippen molar-refractivity contribution in [1.82, 2.24) is 5.32 Å². The van der Waals surface area contributed by atoms with Gasteiger partial charge in [0.1, 0.15) is 5.82 Å². The molecular formula is C11H13BrF2N2O. The first-order chi connectivity index (χ1) is 7.90. The summed E-state index contributed by atoms with van der Waals surface area (Å²) < 4.78 is 26.3. The van der Waals surface area contributed by atoms with Crippen LogP contribution in [0.4, 0.5) is 14.5 Å². The number of carbonyl (C=O) groups is 1. The van der Waals surface area contributed by atoms with Crippen LogP contribution in [0.2, 0.25) is 0 Å². The lowest BCUT2D eigenvalue weighted by atomic mass is 10.3. The molecule has 17 heavy (non-hydrogen) atoms. The molecule has 6 heteroatoms. The number of carbonyl (C=O) groups excluding carboxylic acids is 1. The van der Waals surface area contributed by atoms with E-state index in [1.807, 2.05) is 13.8 Å². The number of hydrogen-bond acceptors (Lipinski definition) is 2. The Morgan fingerprint density at radius 1 is 1.41 bits per heavy atom. The largest absolute Gasteiger partial charge is 0.322 e. The van der Waals surface area contributed by atoms with Gasteiger partial charge in [0.25, 0.3) is 0 Å². The van der Waals surface area contributed by atoms with E-state index < -0.39 is 11.6 Å². The van der Waals surface area contributed by atoms with Gasteiger partial charge in [-0.1, -0.05) is 13.8 Å². The van der Waals surface area contributed by atoms with E-state index in [2.05, 4.69) is 26.6 Å². The fraction of sp³-hybridized carbons (Fsp3) is 0.364. The van der Waals surface area contributed by atoms with Gasteiger partial charge in [-0.2, -0.15) is 0 Å². The summed E-state index contributed by atoms with van der Waals surface area (Å²) in [5.41, 5.74) is -0.0537. The summed E-state index contributed by atoms with van der Waals surface area (Å²) in [5, 5.41) is 5.26. The first kappa shape index (κ1) is 14.1. The van der Waals surface area contributed by atoms with E-state index in [1.54, 1.807) is 0 Å². The lowest BCUT2D eigenvalue weighted by Crippen LogP contribution is -2.32. The molecule has 0 unspecified atom stereocenters. The molecule has 3 nitrogen and oxygen atoms in total. The summed E-state index contributed by atoms with van der Waals surface area (Å²) in [6.07, 6.45) is 0. The average molecular weight is 307 g/mol. The van der Waals surface area contributed by atoms with Crippen LogP contribution in [0.3, 0.4) is 0 Å². The van der Waals surface area contributed by atoms with Crippen molar-refractivity contribution < 1.29 is 13.6 Å². The Bertz CT molecular complexity index is 401. The number of nitrogens with one attached hydrogen (secondary N) is 2. The number of hydrogen-bond donors (Lipinski definition) is 2. The molecule has 1 aromatic carbocycles. The smallest absolute Gasteiger partial charge is 0.238 e. The van der Waals surface area contributed by atoms with Gasteiger partial charge < -0.3 is 10.6 Å². The summed E-state index contributed by atoms with van der Waals surface area (Å²) >= 11 is 2.99. The highest BCUT2D eigenvalue weighted by molar-refractivity contribution is 9.10. The first-order valence-corrected chi connectivity index (χ1v) is 5.87. The van der Waals surface area contributed by atoms with Crippen molar-refractivity contribution in [3.05, 3.63) is 28.2 Å². The topological polar surface area (TPSA) is 41.1 Å². The zero-order valence-electron chi connectivity index (χ0n) is 9.48. The van der Waals surface area contributed by atoms with Crippen molar-refractivity contribution in [3.8, 4) is 0 Å². The van der Waals surface area contributed by atoms with Crippen molar-refractivity contribution in [2.75, 3.05) is 11.9 Å². The fourth-order valence-electron chi connectivity index (χ4n) is 1.14. The minimum Gasteiger partial charge on any atom is -0.322 e. The minimum absolute atomic E-state index is 0.0537. The van der Waals surface area contributed by atoms with Gasteiger partial charge in [-0.15, -0.1) is 0 Å². The lowest BCUT2D eigenvalue weighted by molar-refractivity contribution is -0.115. The minimum atomic E-state index is -0.810. The molecule has 0 spiro atoms. The van der Waals surface area contributed by atoms with Crippen LogP contribution in [-0.4, -0.2) is 18.5 Å². The van der Waals surface area contributed by atoms with Gasteiger partial charge in [-0.05, 0) is 22.0 Å². The molecule has 94 valence electrons. The maximum Gasteiger partial charge on any atom is 0.238 e. The third-order valence-electron chi connectivity index (χ3n) is 1.94. The quantitative estimate of drug-likeness (QED) is 0.898. The number of benzene rings is 1. The van der Waals surface area contributed by atoms with E-state index in [-0.39, 0.29) is 28.7 Å². The van der Waals surface area contributed by atoms with Crippen LogP contribution in [0, 0.1) is 11.6 Å². The van der Waals surface area contributed by atoms with E-state index >= 15 is 0 Å². The van der Waals surface area contributed by atoms with Gasteiger partial charge in [0.15, 0.2) is 5.82 Å². The van der Waals surface area contributed by atoms with Crippen molar-refractivity contribution in [3.63, 3.8) is 0 Å². The van der Waals surface area contributed by atoms with Crippen molar-refractivity contribution in [2.24, 2.45) is 0 Å². The number of halogens is 3. The van der Waals surface area contributed by atoms with Gasteiger partial charge in [0.05, 0.1) is 12.2 Å². The summed E-state index contributed by atoms with van der Waals surface area (Å²) in [7, 11) is 0. The molecule has 0 saturated heterocycles. The monoisotopic (exact) mass is 306 g/mol. The van der Waals surface area contributed by atoms with Gasteiger partial charge in [0, 0.05) is 16.6 Å². The van der Waals surface area contributed by atoms with Crippen LogP contribution in [0.1, 0.15) is 13.8 Å². The summed E-state index contributed by atoms with van der Waals surface area (Å²) in [6, 6.07) is 1.97. The predicted molar refractivity (Wildman–Crippen MR) is 65.8 cm³/mol. The normalized spacial score (nSPS) is 10.7. The Balaban J connectivity index is 2.72. The van der Waals surface area contributed by atoms with Crippen LogP contribution in [-0.2, 0) is 4.79 Å². The molecule has 0 heterocycles. The fourth-order valence-corrected chi connectivity index (χ4v) is 1.65. The molecular weight excluding hydrogens is 294 g/mol. The molecule has 1 amide bonds. The highest BCUT2D eigenvalue weighted by atomic mass is 79.9. The number of anilines is 1. The molecule has 0 bridgehead atoms. The van der Waals surface area contributed by atoms with E-state index in [4.69, 9.17) is 0 Å². The van der Waals surface area contributed by atoms with Crippen LogP contribution >= 0.6 is 15.9 Å². The Labute approximate surface area is 107 Å². The zero-order valence-corrected chi connectivity index (χ0v) is 11.1. The molecule has 0 aliphatic heterocycles. The standard InChI is InChI=1S/C11H13BrF2N2O/c1-6(2)15-5-10(17)16-11-8(12)3-7(13)4-9(11)14/h3-4,6,15H,5H2,1-2H3,(H,16,17). The number of amides is 1. The van der Waals surface area contributed by atoms with Crippen LogP contribution < -0.4 is 10.6 Å². The second-order valence-electron chi connectivity index (χ2n) is 3.83. The van der Waals surface area contributed by atoms with Crippen molar-refractivity contribution >= 4 is 27.5 Å². The van der Waals surface area contributed by atoms with Crippen LogP contribution in [0.25, 0.3) is 0 Å². The Hall–Kier alpha value is -1.01. The highest BCUT2D eigenvalue weighted by Crippen LogP contribution is 2.26. The number of rotatable bonds is 4. The maximum absolute atomic E-state index is 13.4. The van der Waals surface area contributed by atoms with E-state index in [1.165, 1.54) is 0 Å². The first-order valence-electron chi connectivity index (χ1n) is 5.08. The maximum atomic E-state index is 13.4. The molecule has 0 atom stereocenters. The molecule has 0 aliphatic carbocycles. The third-order valence-corrected chi connectivity index (χ3v) is 2.57. The molecule has 0 aromatic heterocycles. The van der Waals surface area contributed by atoms with Crippen LogP contribution in [0.5, 0.6) is 0 Å². The van der Waals surface area contributed by atoms with Gasteiger partial charge >= 0.3 is 0 Å². The molecule has 2 N–H and O–H groups in total. The second kappa shape index (κ2) is 6.07. The molecule has 0 saturated carbocycles. The van der Waals surface area contributed by atoms with E-state index in [9.17, 15) is 13.6 Å². The van der Waals surface area contributed by atoms with E-state index in [0.717, 1.165) is 12.1 Å². The molecule has 0 fully saturated rings. The lowest BCUT2D eigenvalue weighted by Gasteiger charge is -2.11. The molecule has 0 aliphatic rings. The highest BCUT2D eigenvalue weighted by Gasteiger charge is 2.12. The van der Waals surface area contributed by atoms with Crippen LogP contribution in [0.15, 0.2) is 16.6 Å². The Kier molecular flexibility index (Phi) is 5.02. The Morgan fingerprint density at radius 3 is 2.59 bits per heavy atom. The van der Waals surface area contributed by atoms with Crippen molar-refractivity contribution in [2.45, 2.75) is 19.9 Å². The molecule has 0 radical (unpaired) electrons. The zero-order chi connectivity index (χ0) is 13.0. The molecule has 1 rings (SSSR count). The summed E-state index contributed by atoms with van der Waals surface area (Å²) in [5.74, 6) is -1.90. The summed E-state index contributed by atoms with van der Waals surface area (Å²) in [4.78, 5) is 11.5. The predicted octanol–water partition coefficient (Wildman–Crippen LogP) is 2.66. The molecule has 1 aromatic rings. The third kappa shape index (κ3) is 4.40. The summed E-state index contributed by atoms with van der Waals surface area (Å²) in [6.45, 7) is 3.85. The SMILES string of the molecule is CC(C)NCC(=O)Nc1c(F)cc(F)cc1Br.